The van der Waals surface area contributed by atoms with E-state index in [1.54, 1.807) is 0 Å². The van der Waals surface area contributed by atoms with E-state index in [0.717, 1.165) is 0 Å². The smallest absolute Gasteiger partial charge is 0.170 e. The van der Waals surface area contributed by atoms with Crippen LogP contribution in [0, 0.1) is 17.2 Å². The molecule has 0 bridgehead atoms. The van der Waals surface area contributed by atoms with Gasteiger partial charge in [0.05, 0.1) is 5.57 Å². The van der Waals surface area contributed by atoms with Gasteiger partial charge < -0.3 is 5.11 Å². The first-order valence-corrected chi connectivity index (χ1v) is 6.03. The summed E-state index contributed by atoms with van der Waals surface area (Å²) in [6.07, 6.45) is 0.370. The van der Waals surface area contributed by atoms with Gasteiger partial charge in [0.2, 0.25) is 0 Å². The maximum atomic E-state index is 12.9. The molecule has 0 aromatic heterocycles. The number of halogens is 1. The number of hydrogen-bond donors (Lipinski definition) is 1. The Labute approximate surface area is 106 Å². The van der Waals surface area contributed by atoms with Crippen molar-refractivity contribution in [3.63, 3.8) is 0 Å². The molecule has 1 atom stereocenters. The van der Waals surface area contributed by atoms with Crippen LogP contribution in [0.4, 0.5) is 4.39 Å². The molecule has 1 unspecified atom stereocenters. The van der Waals surface area contributed by atoms with Crippen molar-refractivity contribution in [2.75, 3.05) is 0 Å². The van der Waals surface area contributed by atoms with E-state index in [4.69, 9.17) is 0 Å². The lowest BCUT2D eigenvalue weighted by Gasteiger charge is -2.25. The number of Topliss-reactive ketones (excluding diaryl/α,β-unsaturated/α-hetero) is 1. The largest absolute Gasteiger partial charge is 0.512 e. The summed E-state index contributed by atoms with van der Waals surface area (Å²) in [6, 6.07) is 5.66. The first-order chi connectivity index (χ1) is 8.30. The molecule has 0 fully saturated rings. The molecule has 0 saturated heterocycles. The average Bonchev–Trinajstić information content (AvgIpc) is 2.56. The highest BCUT2D eigenvalue weighted by Gasteiger charge is 2.40. The Bertz CT molecular complexity index is 506. The molecule has 0 amide bonds. The molecule has 1 aliphatic carbocycles. The predicted octanol–water partition coefficient (Wildman–Crippen LogP) is 3.73. The summed E-state index contributed by atoms with van der Waals surface area (Å²) in [5, 5.41) is 9.98. The Hall–Kier alpha value is -1.64. The minimum atomic E-state index is -0.350. The minimum absolute atomic E-state index is 0.0494. The maximum Gasteiger partial charge on any atom is 0.170 e. The molecule has 0 saturated carbocycles. The second-order valence-corrected chi connectivity index (χ2v) is 5.82. The minimum Gasteiger partial charge on any atom is -0.512 e. The molecule has 1 aromatic rings. The molecule has 1 N–H and O–H groups in total. The fraction of sp³-hybridized carbons (Fsp3) is 0.400. The van der Waals surface area contributed by atoms with Crippen molar-refractivity contribution in [3.05, 3.63) is 41.4 Å². The molecule has 3 heteroatoms. The molecule has 0 aliphatic heterocycles. The lowest BCUT2D eigenvalue weighted by molar-refractivity contribution is -0.119. The third-order valence-electron chi connectivity index (χ3n) is 3.43. The highest BCUT2D eigenvalue weighted by atomic mass is 19.1. The van der Waals surface area contributed by atoms with Crippen molar-refractivity contribution in [1.82, 2.24) is 0 Å². The monoisotopic (exact) mass is 248 g/mol. The van der Waals surface area contributed by atoms with E-state index in [9.17, 15) is 14.3 Å². The van der Waals surface area contributed by atoms with E-state index in [0.29, 0.717) is 17.6 Å². The zero-order chi connectivity index (χ0) is 13.5. The summed E-state index contributed by atoms with van der Waals surface area (Å²) < 4.78 is 12.9. The molecule has 2 nitrogen and oxygen atoms in total. The van der Waals surface area contributed by atoms with Gasteiger partial charge in [0.15, 0.2) is 5.78 Å². The van der Waals surface area contributed by atoms with Gasteiger partial charge in [-0.2, -0.15) is 0 Å². The first-order valence-electron chi connectivity index (χ1n) is 6.03. The van der Waals surface area contributed by atoms with E-state index < -0.39 is 0 Å². The maximum absolute atomic E-state index is 12.9. The molecule has 0 radical (unpaired) electrons. The van der Waals surface area contributed by atoms with Gasteiger partial charge in [0, 0.05) is 12.3 Å². The third kappa shape index (κ3) is 2.17. The molecule has 1 aromatic carbocycles. The Morgan fingerprint density at radius 2 is 1.78 bits per heavy atom. The zero-order valence-corrected chi connectivity index (χ0v) is 10.8. The Morgan fingerprint density at radius 1 is 1.22 bits per heavy atom. The van der Waals surface area contributed by atoms with Crippen LogP contribution in [-0.4, -0.2) is 10.9 Å². The second-order valence-electron chi connectivity index (χ2n) is 5.82. The quantitative estimate of drug-likeness (QED) is 0.822. The van der Waals surface area contributed by atoms with E-state index >= 15 is 0 Å². The van der Waals surface area contributed by atoms with Crippen LogP contribution >= 0.6 is 0 Å². The van der Waals surface area contributed by atoms with Gasteiger partial charge in [-0.05, 0) is 23.1 Å². The molecule has 0 spiro atoms. The highest BCUT2D eigenvalue weighted by molar-refractivity contribution is 6.24. The van der Waals surface area contributed by atoms with Gasteiger partial charge in [0.1, 0.15) is 11.6 Å². The normalized spacial score (nSPS) is 20.7. The summed E-state index contributed by atoms with van der Waals surface area (Å²) in [6.45, 7) is 5.95. The number of ketones is 1. The number of aliphatic hydroxyl groups excluding tert-OH is 1. The van der Waals surface area contributed by atoms with Crippen LogP contribution in [0.5, 0.6) is 0 Å². The molecule has 0 heterocycles. The summed E-state index contributed by atoms with van der Waals surface area (Å²) in [7, 11) is 0. The number of carbonyl (C=O) groups excluding carboxylic acids is 1. The van der Waals surface area contributed by atoms with Gasteiger partial charge in [0.25, 0.3) is 0 Å². The lowest BCUT2D eigenvalue weighted by Crippen LogP contribution is -2.25. The van der Waals surface area contributed by atoms with Crippen LogP contribution in [0.3, 0.4) is 0 Å². The van der Waals surface area contributed by atoms with Crippen LogP contribution in [-0.2, 0) is 4.79 Å². The Morgan fingerprint density at radius 3 is 2.22 bits per heavy atom. The van der Waals surface area contributed by atoms with Gasteiger partial charge >= 0.3 is 0 Å². The molecular weight excluding hydrogens is 231 g/mol. The second kappa shape index (κ2) is 4.23. The fourth-order valence-corrected chi connectivity index (χ4v) is 2.33. The standard InChI is InChI=1S/C15H17FO2/c1-15(2,3)11-8-12(17)13(14(11)18)9-4-6-10(16)7-5-9/h4-7,11,17H,8H2,1-3H3. The van der Waals surface area contributed by atoms with E-state index in [1.807, 2.05) is 20.8 Å². The predicted molar refractivity (Wildman–Crippen MR) is 68.5 cm³/mol. The van der Waals surface area contributed by atoms with Gasteiger partial charge in [-0.1, -0.05) is 32.9 Å². The molecule has 18 heavy (non-hydrogen) atoms. The fourth-order valence-electron chi connectivity index (χ4n) is 2.33. The lowest BCUT2D eigenvalue weighted by atomic mass is 9.77. The van der Waals surface area contributed by atoms with Crippen LogP contribution in [0.15, 0.2) is 30.0 Å². The molecule has 96 valence electrons. The number of hydrogen-bond acceptors (Lipinski definition) is 2. The average molecular weight is 248 g/mol. The van der Waals surface area contributed by atoms with Crippen molar-refractivity contribution >= 4 is 11.4 Å². The number of allylic oxidation sites excluding steroid dienone is 2. The summed E-state index contributed by atoms with van der Waals surface area (Å²) in [4.78, 5) is 12.3. The highest BCUT2D eigenvalue weighted by Crippen LogP contribution is 2.42. The summed E-state index contributed by atoms with van der Waals surface area (Å²) in [5.74, 6) is -0.493. The van der Waals surface area contributed by atoms with Crippen molar-refractivity contribution < 1.29 is 14.3 Å². The molecule has 1 aliphatic rings. The molecular formula is C15H17FO2. The Kier molecular flexibility index (Phi) is 3.01. The van der Waals surface area contributed by atoms with Gasteiger partial charge in [-0.15, -0.1) is 0 Å². The van der Waals surface area contributed by atoms with E-state index in [1.165, 1.54) is 24.3 Å². The van der Waals surface area contributed by atoms with E-state index in [2.05, 4.69) is 0 Å². The summed E-state index contributed by atoms with van der Waals surface area (Å²) >= 11 is 0. The van der Waals surface area contributed by atoms with Crippen molar-refractivity contribution in [3.8, 4) is 0 Å². The van der Waals surface area contributed by atoms with Crippen molar-refractivity contribution in [2.24, 2.45) is 11.3 Å². The number of benzene rings is 1. The van der Waals surface area contributed by atoms with Gasteiger partial charge in [-0.3, -0.25) is 4.79 Å². The SMILES string of the molecule is CC(C)(C)C1CC(O)=C(c2ccc(F)cc2)C1=O. The summed E-state index contributed by atoms with van der Waals surface area (Å²) in [5.41, 5.74) is 0.743. The Balaban J connectivity index is 2.37. The number of carbonyl (C=O) groups is 1. The van der Waals surface area contributed by atoms with Crippen LogP contribution in [0.25, 0.3) is 5.57 Å². The van der Waals surface area contributed by atoms with Gasteiger partial charge in [-0.25, -0.2) is 4.39 Å². The number of aliphatic hydroxyl groups is 1. The third-order valence-corrected chi connectivity index (χ3v) is 3.43. The van der Waals surface area contributed by atoms with Crippen molar-refractivity contribution in [2.45, 2.75) is 27.2 Å². The van der Waals surface area contributed by atoms with Crippen LogP contribution < -0.4 is 0 Å². The topological polar surface area (TPSA) is 37.3 Å². The zero-order valence-electron chi connectivity index (χ0n) is 10.8. The van der Waals surface area contributed by atoms with Crippen molar-refractivity contribution in [1.29, 1.82) is 0 Å². The van der Waals surface area contributed by atoms with Crippen LogP contribution in [0.1, 0.15) is 32.8 Å². The number of rotatable bonds is 1. The first kappa shape index (κ1) is 12.8. The van der Waals surface area contributed by atoms with Crippen LogP contribution in [0.2, 0.25) is 0 Å². The van der Waals surface area contributed by atoms with E-state index in [-0.39, 0.29) is 28.7 Å². The molecule has 2 rings (SSSR count).